The summed E-state index contributed by atoms with van der Waals surface area (Å²) in [6.45, 7) is 6.01. The number of carboxylic acid groups (broad SMARTS) is 1. The zero-order chi connectivity index (χ0) is 38.3. The molecule has 0 spiro atoms. The SMILES string of the molecule is COc1nc(-c2cccc(-c3ccnc(-c4cc(OC)c5nc(CN6CC(C)(O)C6)nn5c4)c3Cl)c2Cl)ccc1CN(C(=O)O)C1CCN(C(C)=O)CC1. The van der Waals surface area contributed by atoms with E-state index in [1.165, 1.54) is 18.9 Å². The van der Waals surface area contributed by atoms with E-state index in [0.717, 1.165) is 0 Å². The number of carbonyl (C=O) groups is 2. The fraction of sp³-hybridized carbons (Fsp3) is 0.368. The standard InChI is InChI=1S/C38H40Cl2N8O6/c1-22(49)46-14-11-25(12-15-46)47(37(50)51)17-23-8-9-29(42-36(23)54-4)28-7-5-6-26(32(28)39)27-10-13-41-34(33(27)40)24-16-30(53-3)35-43-31(44-48(35)18-24)19-45-20-38(2,52)21-45/h5-10,13,16,18,25,52H,11-12,14-15,17,19-21H2,1-4H3,(H,50,51). The predicted octanol–water partition coefficient (Wildman–Crippen LogP) is 5.90. The summed E-state index contributed by atoms with van der Waals surface area (Å²) in [5, 5.41) is 25.7. The largest absolute Gasteiger partial charge is 0.493 e. The van der Waals surface area contributed by atoms with E-state index >= 15 is 0 Å². The van der Waals surface area contributed by atoms with Crippen molar-refractivity contribution in [3.8, 4) is 45.3 Å². The molecule has 2 N–H and O–H groups in total. The number of carbonyl (C=O) groups excluding carboxylic acids is 1. The molecule has 2 amide bonds. The number of nitrogens with zero attached hydrogens (tertiary/aromatic N) is 8. The van der Waals surface area contributed by atoms with E-state index in [4.69, 9.17) is 37.7 Å². The average molecular weight is 776 g/mol. The molecule has 2 aliphatic rings. The highest BCUT2D eigenvalue weighted by Gasteiger charge is 2.37. The second-order valence-corrected chi connectivity index (χ2v) is 14.7. The molecule has 6 heterocycles. The molecule has 0 saturated carbocycles. The van der Waals surface area contributed by atoms with E-state index in [1.807, 2.05) is 24.3 Å². The van der Waals surface area contributed by atoms with Gasteiger partial charge in [0.25, 0.3) is 0 Å². The van der Waals surface area contributed by atoms with Crippen LogP contribution in [0.2, 0.25) is 10.0 Å². The summed E-state index contributed by atoms with van der Waals surface area (Å²) in [5.74, 6) is 1.37. The summed E-state index contributed by atoms with van der Waals surface area (Å²) in [6.07, 6.45) is 3.52. The summed E-state index contributed by atoms with van der Waals surface area (Å²) < 4.78 is 13.0. The van der Waals surface area contributed by atoms with Gasteiger partial charge in [-0.15, -0.1) is 5.10 Å². The monoisotopic (exact) mass is 774 g/mol. The van der Waals surface area contributed by atoms with Gasteiger partial charge in [-0.3, -0.25) is 14.7 Å². The van der Waals surface area contributed by atoms with Crippen molar-refractivity contribution in [3.63, 3.8) is 0 Å². The minimum atomic E-state index is -1.05. The van der Waals surface area contributed by atoms with Crippen LogP contribution in [0, 0.1) is 0 Å². The van der Waals surface area contributed by atoms with E-state index in [0.29, 0.717) is 112 Å². The molecule has 0 bridgehead atoms. The number of amides is 2. The molecule has 2 fully saturated rings. The lowest BCUT2D eigenvalue weighted by Crippen LogP contribution is -2.59. The zero-order valence-electron chi connectivity index (χ0n) is 30.3. The topological polar surface area (TPSA) is 159 Å². The Morgan fingerprint density at radius 3 is 2.39 bits per heavy atom. The van der Waals surface area contributed by atoms with Crippen LogP contribution in [-0.2, 0) is 17.9 Å². The minimum absolute atomic E-state index is 0.0124. The summed E-state index contributed by atoms with van der Waals surface area (Å²) in [7, 11) is 3.06. The quantitative estimate of drug-likeness (QED) is 0.174. The van der Waals surface area contributed by atoms with Crippen LogP contribution in [0.4, 0.5) is 4.79 Å². The number of halogens is 2. The third-order valence-corrected chi connectivity index (χ3v) is 10.7. The first kappa shape index (κ1) is 37.3. The Kier molecular flexibility index (Phi) is 10.4. The van der Waals surface area contributed by atoms with Crippen molar-refractivity contribution in [2.75, 3.05) is 40.4 Å². The molecule has 0 unspecified atom stereocenters. The van der Waals surface area contributed by atoms with Gasteiger partial charge in [-0.1, -0.05) is 41.4 Å². The summed E-state index contributed by atoms with van der Waals surface area (Å²) in [4.78, 5) is 43.4. The van der Waals surface area contributed by atoms with E-state index in [9.17, 15) is 19.8 Å². The number of hydrogen-bond donors (Lipinski definition) is 2. The number of piperidine rings is 1. The lowest BCUT2D eigenvalue weighted by Gasteiger charge is -2.43. The average Bonchev–Trinajstić information content (AvgIpc) is 3.55. The van der Waals surface area contributed by atoms with Crippen LogP contribution < -0.4 is 9.47 Å². The number of aromatic nitrogens is 5. The van der Waals surface area contributed by atoms with Gasteiger partial charge >= 0.3 is 6.09 Å². The van der Waals surface area contributed by atoms with E-state index in [-0.39, 0.29) is 24.4 Å². The van der Waals surface area contributed by atoms with E-state index < -0.39 is 11.7 Å². The van der Waals surface area contributed by atoms with Crippen LogP contribution in [-0.4, -0.2) is 114 Å². The van der Waals surface area contributed by atoms with Gasteiger partial charge in [-0.05, 0) is 44.0 Å². The van der Waals surface area contributed by atoms with Crippen LogP contribution >= 0.6 is 23.2 Å². The van der Waals surface area contributed by atoms with Crippen molar-refractivity contribution in [1.29, 1.82) is 0 Å². The maximum atomic E-state index is 12.4. The lowest BCUT2D eigenvalue weighted by atomic mass is 9.97. The highest BCUT2D eigenvalue weighted by Crippen LogP contribution is 2.42. The molecule has 2 saturated heterocycles. The molecular formula is C38H40Cl2N8O6. The first-order valence-electron chi connectivity index (χ1n) is 17.5. The molecule has 0 aliphatic carbocycles. The van der Waals surface area contributed by atoms with Crippen LogP contribution in [0.5, 0.6) is 11.6 Å². The molecular weight excluding hydrogens is 735 g/mol. The van der Waals surface area contributed by atoms with Crippen LogP contribution in [0.3, 0.4) is 0 Å². The maximum Gasteiger partial charge on any atom is 0.407 e. The predicted molar refractivity (Wildman–Crippen MR) is 203 cm³/mol. The number of methoxy groups -OCH3 is 2. The minimum Gasteiger partial charge on any atom is -0.493 e. The fourth-order valence-electron chi connectivity index (χ4n) is 7.31. The van der Waals surface area contributed by atoms with Gasteiger partial charge in [0, 0.05) is 79.4 Å². The Balaban J connectivity index is 1.16. The molecule has 7 rings (SSSR count). The summed E-state index contributed by atoms with van der Waals surface area (Å²) in [6, 6.07) is 12.5. The Morgan fingerprint density at radius 1 is 1.00 bits per heavy atom. The van der Waals surface area contributed by atoms with Crippen molar-refractivity contribution in [2.24, 2.45) is 0 Å². The molecule has 1 aromatic carbocycles. The zero-order valence-corrected chi connectivity index (χ0v) is 31.8. The molecule has 282 valence electrons. The third-order valence-electron chi connectivity index (χ3n) is 9.95. The number of ether oxygens (including phenoxy) is 2. The number of β-amino-alcohol motifs (C(OH)–C–C–N with tert-alkyl or cyclic N) is 1. The van der Waals surface area contributed by atoms with Crippen molar-refractivity contribution >= 4 is 40.8 Å². The van der Waals surface area contributed by atoms with Crippen molar-refractivity contribution in [3.05, 3.63) is 76.3 Å². The second-order valence-electron chi connectivity index (χ2n) is 13.9. The first-order valence-corrected chi connectivity index (χ1v) is 18.2. The summed E-state index contributed by atoms with van der Waals surface area (Å²) >= 11 is 14.2. The van der Waals surface area contributed by atoms with Gasteiger partial charge in [0.1, 0.15) is 0 Å². The second kappa shape index (κ2) is 15.0. The number of fused-ring (bicyclic) bond motifs is 1. The highest BCUT2D eigenvalue weighted by molar-refractivity contribution is 6.39. The Bertz CT molecular complexity index is 2230. The van der Waals surface area contributed by atoms with E-state index in [1.54, 1.807) is 54.0 Å². The first-order chi connectivity index (χ1) is 25.8. The number of likely N-dealkylation sites (tertiary alicyclic amines) is 2. The van der Waals surface area contributed by atoms with Gasteiger partial charge in [-0.25, -0.2) is 19.3 Å². The highest BCUT2D eigenvalue weighted by atomic mass is 35.5. The Morgan fingerprint density at radius 2 is 1.72 bits per heavy atom. The van der Waals surface area contributed by atoms with Gasteiger partial charge in [-0.2, -0.15) is 0 Å². The Hall–Kier alpha value is -5.02. The Labute approximate surface area is 321 Å². The van der Waals surface area contributed by atoms with Gasteiger partial charge in [0.05, 0.1) is 54.3 Å². The van der Waals surface area contributed by atoms with Gasteiger partial charge in [0.15, 0.2) is 17.2 Å². The molecule has 2 aliphatic heterocycles. The van der Waals surface area contributed by atoms with Crippen molar-refractivity contribution < 1.29 is 29.3 Å². The smallest absolute Gasteiger partial charge is 0.407 e. The molecule has 0 atom stereocenters. The van der Waals surface area contributed by atoms with Crippen molar-refractivity contribution in [2.45, 2.75) is 51.4 Å². The molecule has 5 aromatic rings. The van der Waals surface area contributed by atoms with E-state index in [2.05, 4.69) is 20.0 Å². The molecule has 4 aromatic heterocycles. The van der Waals surface area contributed by atoms with Gasteiger partial charge in [0.2, 0.25) is 11.8 Å². The maximum absolute atomic E-state index is 12.4. The number of aliphatic hydroxyl groups is 1. The normalized spacial score (nSPS) is 15.9. The number of rotatable bonds is 10. The molecule has 14 nitrogen and oxygen atoms in total. The molecule has 0 radical (unpaired) electrons. The van der Waals surface area contributed by atoms with Crippen LogP contribution in [0.15, 0.2) is 54.9 Å². The number of hydrogen-bond acceptors (Lipinski definition) is 10. The fourth-order valence-corrected chi connectivity index (χ4v) is 7.96. The van der Waals surface area contributed by atoms with Crippen LogP contribution in [0.1, 0.15) is 38.1 Å². The number of pyridine rings is 3. The molecule has 16 heteroatoms. The number of benzene rings is 1. The lowest BCUT2D eigenvalue weighted by molar-refractivity contribution is -0.130. The van der Waals surface area contributed by atoms with Gasteiger partial charge < -0.3 is 29.5 Å². The van der Waals surface area contributed by atoms with Crippen molar-refractivity contribution in [1.82, 2.24) is 39.3 Å². The van der Waals surface area contributed by atoms with Crippen LogP contribution in [0.25, 0.3) is 39.3 Å². The third kappa shape index (κ3) is 7.38. The summed E-state index contributed by atoms with van der Waals surface area (Å²) in [5.41, 5.74) is 4.06. The molecule has 54 heavy (non-hydrogen) atoms.